The summed E-state index contributed by atoms with van der Waals surface area (Å²) in [7, 11) is 0. The molecule has 0 atom stereocenters. The number of nitrogens with zero attached hydrogens (tertiary/aromatic N) is 7. The summed E-state index contributed by atoms with van der Waals surface area (Å²) in [5.41, 5.74) is 2.12. The summed E-state index contributed by atoms with van der Waals surface area (Å²) < 4.78 is 12.2. The van der Waals surface area contributed by atoms with Crippen LogP contribution in [0, 0.1) is 6.92 Å². The van der Waals surface area contributed by atoms with Crippen LogP contribution in [0.15, 0.2) is 12.4 Å². The third kappa shape index (κ3) is 6.10. The second-order valence-electron chi connectivity index (χ2n) is 11.3. The Bertz CT molecular complexity index is 1280. The molecule has 2 saturated heterocycles. The summed E-state index contributed by atoms with van der Waals surface area (Å²) in [6, 6.07) is 1.41. The number of ether oxygens (including phenoxy) is 1. The highest BCUT2D eigenvalue weighted by Crippen LogP contribution is 2.31. The smallest absolute Gasteiger partial charge is 0.219 e. The second-order valence-corrected chi connectivity index (χ2v) is 12.1. The SMILES string of the molecule is CC(=O)N1CCCN(C2CCC(Nc3nc(Cc4cnn(C5CCOCC5)c4)nc4snc(C)c34)CC2)CC1. The average Bonchev–Trinajstić information content (AvgIpc) is 3.47. The van der Waals surface area contributed by atoms with Gasteiger partial charge in [0, 0.05) is 71.0 Å². The second kappa shape index (κ2) is 11.9. The van der Waals surface area contributed by atoms with Crippen LogP contribution in [-0.4, -0.2) is 91.3 Å². The van der Waals surface area contributed by atoms with Gasteiger partial charge in [-0.3, -0.25) is 14.4 Å². The average molecular weight is 553 g/mol. The molecule has 2 aliphatic heterocycles. The van der Waals surface area contributed by atoms with Crippen LogP contribution in [-0.2, 0) is 16.0 Å². The molecule has 0 aromatic carbocycles. The Morgan fingerprint density at radius 3 is 2.67 bits per heavy atom. The van der Waals surface area contributed by atoms with Gasteiger partial charge in [0.15, 0.2) is 0 Å². The molecule has 0 unspecified atom stereocenters. The van der Waals surface area contributed by atoms with E-state index < -0.39 is 0 Å². The van der Waals surface area contributed by atoms with Crippen molar-refractivity contribution >= 4 is 33.5 Å². The van der Waals surface area contributed by atoms with Crippen molar-refractivity contribution in [3.05, 3.63) is 29.5 Å². The summed E-state index contributed by atoms with van der Waals surface area (Å²) in [4.78, 5) is 27.3. The molecule has 3 aliphatic rings. The first-order valence-corrected chi connectivity index (χ1v) is 15.3. The fourth-order valence-electron chi connectivity index (χ4n) is 6.41. The lowest BCUT2D eigenvalue weighted by atomic mass is 9.90. The summed E-state index contributed by atoms with van der Waals surface area (Å²) in [6.07, 6.45) is 12.4. The van der Waals surface area contributed by atoms with Crippen molar-refractivity contribution in [3.63, 3.8) is 0 Å². The van der Waals surface area contributed by atoms with E-state index >= 15 is 0 Å². The highest BCUT2D eigenvalue weighted by molar-refractivity contribution is 7.13. The minimum absolute atomic E-state index is 0.201. The summed E-state index contributed by atoms with van der Waals surface area (Å²) in [6.45, 7) is 9.16. The number of rotatable bonds is 6. The van der Waals surface area contributed by atoms with E-state index in [1.54, 1.807) is 6.92 Å². The highest BCUT2D eigenvalue weighted by atomic mass is 32.1. The number of fused-ring (bicyclic) bond motifs is 1. The molecule has 1 N–H and O–H groups in total. The third-order valence-electron chi connectivity index (χ3n) is 8.66. The monoisotopic (exact) mass is 552 g/mol. The lowest BCUT2D eigenvalue weighted by Crippen LogP contribution is -2.42. The zero-order chi connectivity index (χ0) is 26.8. The van der Waals surface area contributed by atoms with Crippen molar-refractivity contribution in [1.82, 2.24) is 33.9 Å². The summed E-state index contributed by atoms with van der Waals surface area (Å²) in [5.74, 6) is 1.94. The molecule has 1 amide bonds. The number of anilines is 1. The Hall–Kier alpha value is -2.63. The van der Waals surface area contributed by atoms with E-state index in [1.165, 1.54) is 24.4 Å². The molecule has 3 aromatic rings. The van der Waals surface area contributed by atoms with Crippen molar-refractivity contribution in [2.75, 3.05) is 44.7 Å². The van der Waals surface area contributed by atoms with Gasteiger partial charge in [0.2, 0.25) is 5.91 Å². The van der Waals surface area contributed by atoms with Crippen molar-refractivity contribution < 1.29 is 9.53 Å². The zero-order valence-corrected chi connectivity index (χ0v) is 24.0. The van der Waals surface area contributed by atoms with Crippen molar-refractivity contribution in [2.24, 2.45) is 0 Å². The van der Waals surface area contributed by atoms with E-state index in [4.69, 9.17) is 14.7 Å². The number of aromatic nitrogens is 5. The molecule has 6 rings (SSSR count). The first-order valence-electron chi connectivity index (χ1n) is 14.5. The van der Waals surface area contributed by atoms with Gasteiger partial charge in [0.25, 0.3) is 0 Å². The van der Waals surface area contributed by atoms with Crippen molar-refractivity contribution in [1.29, 1.82) is 0 Å². The number of amides is 1. The Kier molecular flexibility index (Phi) is 8.08. The molecule has 5 heterocycles. The van der Waals surface area contributed by atoms with Gasteiger partial charge in [-0.1, -0.05) is 0 Å². The number of carbonyl (C=O) groups is 1. The van der Waals surface area contributed by atoms with Gasteiger partial charge in [0.1, 0.15) is 16.5 Å². The zero-order valence-electron chi connectivity index (χ0n) is 23.1. The van der Waals surface area contributed by atoms with Gasteiger partial charge in [-0.2, -0.15) is 9.47 Å². The molecular formula is C28H40N8O2S. The maximum Gasteiger partial charge on any atom is 0.219 e. The number of carbonyl (C=O) groups excluding carboxylic acids is 1. The molecule has 1 aliphatic carbocycles. The third-order valence-corrected chi connectivity index (χ3v) is 9.50. The lowest BCUT2D eigenvalue weighted by molar-refractivity contribution is -0.128. The van der Waals surface area contributed by atoms with E-state index in [0.29, 0.717) is 24.5 Å². The van der Waals surface area contributed by atoms with Crippen molar-refractivity contribution in [2.45, 2.75) is 83.3 Å². The van der Waals surface area contributed by atoms with Gasteiger partial charge in [-0.15, -0.1) is 0 Å². The number of hydrogen-bond donors (Lipinski definition) is 1. The molecule has 0 bridgehead atoms. The predicted molar refractivity (Wildman–Crippen MR) is 152 cm³/mol. The molecule has 210 valence electrons. The van der Waals surface area contributed by atoms with Gasteiger partial charge >= 0.3 is 0 Å². The first-order chi connectivity index (χ1) is 19.0. The van der Waals surface area contributed by atoms with E-state index in [1.807, 2.05) is 18.0 Å². The maximum absolute atomic E-state index is 11.8. The molecule has 3 aromatic heterocycles. The quantitative estimate of drug-likeness (QED) is 0.493. The summed E-state index contributed by atoms with van der Waals surface area (Å²) in [5, 5.41) is 9.50. The fourth-order valence-corrected chi connectivity index (χ4v) is 7.21. The molecule has 10 nitrogen and oxygen atoms in total. The van der Waals surface area contributed by atoms with Crippen LogP contribution in [0.5, 0.6) is 0 Å². The molecule has 39 heavy (non-hydrogen) atoms. The Morgan fingerprint density at radius 1 is 1.05 bits per heavy atom. The van der Waals surface area contributed by atoms with Crippen LogP contribution < -0.4 is 5.32 Å². The van der Waals surface area contributed by atoms with Crippen LogP contribution in [0.4, 0.5) is 5.82 Å². The van der Waals surface area contributed by atoms with Gasteiger partial charge in [-0.05, 0) is 69.0 Å². The van der Waals surface area contributed by atoms with Crippen LogP contribution in [0.2, 0.25) is 0 Å². The number of aryl methyl sites for hydroxylation is 1. The minimum Gasteiger partial charge on any atom is -0.381 e. The van der Waals surface area contributed by atoms with Crippen LogP contribution in [0.3, 0.4) is 0 Å². The molecule has 11 heteroatoms. The normalized spacial score (nSPS) is 23.7. The predicted octanol–water partition coefficient (Wildman–Crippen LogP) is 3.81. The molecular weight excluding hydrogens is 512 g/mol. The number of nitrogens with one attached hydrogen (secondary N) is 1. The largest absolute Gasteiger partial charge is 0.381 e. The Labute approximate surface area is 234 Å². The minimum atomic E-state index is 0.201. The van der Waals surface area contributed by atoms with Crippen LogP contribution >= 0.6 is 11.5 Å². The standard InChI is InChI=1S/C28H40N8O2S/c1-19-26-27(30-22-4-6-23(7-5-22)35-11-3-10-34(12-13-35)20(2)37)31-25(32-28(26)39-33-19)16-21-17-29-36(18-21)24-8-14-38-15-9-24/h17-18,22-24H,3-16H2,1-2H3,(H,30,31,32). The highest BCUT2D eigenvalue weighted by Gasteiger charge is 2.28. The van der Waals surface area contributed by atoms with E-state index in [0.717, 1.165) is 105 Å². The molecule has 0 radical (unpaired) electrons. The molecule has 3 fully saturated rings. The maximum atomic E-state index is 11.8. The van der Waals surface area contributed by atoms with Gasteiger partial charge in [0.05, 0.1) is 23.3 Å². The lowest BCUT2D eigenvalue weighted by Gasteiger charge is -2.36. The molecule has 1 saturated carbocycles. The number of hydrogen-bond acceptors (Lipinski definition) is 9. The van der Waals surface area contributed by atoms with Gasteiger partial charge < -0.3 is 15.0 Å². The van der Waals surface area contributed by atoms with Gasteiger partial charge in [-0.25, -0.2) is 9.97 Å². The fraction of sp³-hybridized carbons (Fsp3) is 0.679. The summed E-state index contributed by atoms with van der Waals surface area (Å²) >= 11 is 1.46. The molecule has 0 spiro atoms. The van der Waals surface area contributed by atoms with Crippen molar-refractivity contribution in [3.8, 4) is 0 Å². The Morgan fingerprint density at radius 2 is 1.87 bits per heavy atom. The first kappa shape index (κ1) is 26.6. The van der Waals surface area contributed by atoms with E-state index in [-0.39, 0.29) is 5.91 Å². The topological polar surface area (TPSA) is 101 Å². The van der Waals surface area contributed by atoms with E-state index in [2.05, 4.69) is 30.6 Å². The van der Waals surface area contributed by atoms with Crippen LogP contribution in [0.25, 0.3) is 10.2 Å². The van der Waals surface area contributed by atoms with Crippen LogP contribution in [0.1, 0.15) is 75.0 Å². The Balaban J connectivity index is 1.11. The van der Waals surface area contributed by atoms with E-state index in [9.17, 15) is 4.79 Å².